The van der Waals surface area contributed by atoms with E-state index >= 15 is 0 Å². The minimum atomic E-state index is -0.763. The lowest BCUT2D eigenvalue weighted by molar-refractivity contribution is -0.151. The fraction of sp³-hybridized carbons (Fsp3) is 0.529. The first-order valence-corrected chi connectivity index (χ1v) is 7.96. The predicted molar refractivity (Wildman–Crippen MR) is 86.3 cm³/mol. The van der Waals surface area contributed by atoms with Gasteiger partial charge in [-0.15, -0.1) is 0 Å². The van der Waals surface area contributed by atoms with Gasteiger partial charge in [-0.2, -0.15) is 0 Å². The van der Waals surface area contributed by atoms with E-state index in [0.29, 0.717) is 18.8 Å². The van der Waals surface area contributed by atoms with Crippen LogP contribution in [0.3, 0.4) is 0 Å². The third kappa shape index (κ3) is 2.73. The van der Waals surface area contributed by atoms with Crippen molar-refractivity contribution in [1.82, 2.24) is 4.90 Å². The fourth-order valence-electron chi connectivity index (χ4n) is 3.07. The number of nitrogens with zero attached hydrogens (tertiary/aromatic N) is 2. The molecule has 0 aliphatic carbocycles. The SMILES string of the molecule is CCN(CC)c1cccc2c1C(N(CC)CC)C(=O)C(=O)O2. The molecule has 1 aromatic rings. The zero-order chi connectivity index (χ0) is 16.3. The minimum absolute atomic E-state index is 0.476. The number of anilines is 1. The second-order valence-corrected chi connectivity index (χ2v) is 5.24. The fourth-order valence-corrected chi connectivity index (χ4v) is 3.07. The van der Waals surface area contributed by atoms with Gasteiger partial charge in [0, 0.05) is 24.3 Å². The van der Waals surface area contributed by atoms with Crippen LogP contribution in [0, 0.1) is 0 Å². The molecule has 1 aliphatic rings. The first-order chi connectivity index (χ1) is 10.6. The normalized spacial score (nSPS) is 17.4. The van der Waals surface area contributed by atoms with E-state index in [4.69, 9.17) is 4.74 Å². The van der Waals surface area contributed by atoms with Crippen LogP contribution in [0.1, 0.15) is 39.3 Å². The lowest BCUT2D eigenvalue weighted by Crippen LogP contribution is -2.43. The first-order valence-electron chi connectivity index (χ1n) is 7.96. The second kappa shape index (κ2) is 6.92. The lowest BCUT2D eigenvalue weighted by atomic mass is 9.94. The molecular weight excluding hydrogens is 280 g/mol. The molecule has 1 atom stereocenters. The second-order valence-electron chi connectivity index (χ2n) is 5.24. The molecule has 0 fully saturated rings. The van der Waals surface area contributed by atoms with Crippen LogP contribution in [0.4, 0.5) is 5.69 Å². The van der Waals surface area contributed by atoms with E-state index in [0.717, 1.165) is 24.3 Å². The molecule has 5 nitrogen and oxygen atoms in total. The Morgan fingerprint density at radius 1 is 1.00 bits per heavy atom. The number of ketones is 1. The number of benzene rings is 1. The standard InChI is InChI=1S/C17H24N2O3/c1-5-18(6-2)12-10-9-11-13-14(12)15(19(7-3)8-4)16(20)17(21)22-13/h9-11,15H,5-8H2,1-4H3. The first kappa shape index (κ1) is 16.5. The molecule has 120 valence electrons. The average Bonchev–Trinajstić information content (AvgIpc) is 2.53. The monoisotopic (exact) mass is 304 g/mol. The molecule has 0 radical (unpaired) electrons. The van der Waals surface area contributed by atoms with Gasteiger partial charge in [0.05, 0.1) is 0 Å². The van der Waals surface area contributed by atoms with Crippen molar-refractivity contribution in [2.24, 2.45) is 0 Å². The highest BCUT2D eigenvalue weighted by molar-refractivity contribution is 6.37. The van der Waals surface area contributed by atoms with Crippen molar-refractivity contribution >= 4 is 17.4 Å². The van der Waals surface area contributed by atoms with Crippen molar-refractivity contribution < 1.29 is 14.3 Å². The smallest absolute Gasteiger partial charge is 0.382 e. The molecular formula is C17H24N2O3. The molecule has 1 unspecified atom stereocenters. The number of hydrogen-bond acceptors (Lipinski definition) is 5. The molecule has 1 aliphatic heterocycles. The number of carbonyl (C=O) groups is 2. The van der Waals surface area contributed by atoms with Crippen LogP contribution in [-0.4, -0.2) is 42.8 Å². The molecule has 5 heteroatoms. The van der Waals surface area contributed by atoms with E-state index in [1.165, 1.54) is 0 Å². The van der Waals surface area contributed by atoms with E-state index in [-0.39, 0.29) is 0 Å². The molecule has 2 rings (SSSR count). The van der Waals surface area contributed by atoms with Crippen LogP contribution in [0.25, 0.3) is 0 Å². The van der Waals surface area contributed by atoms with Crippen molar-refractivity contribution in [3.05, 3.63) is 23.8 Å². The molecule has 0 aromatic heterocycles. The van der Waals surface area contributed by atoms with Crippen LogP contribution >= 0.6 is 0 Å². The van der Waals surface area contributed by atoms with Gasteiger partial charge < -0.3 is 9.64 Å². The Labute approximate surface area is 131 Å². The topological polar surface area (TPSA) is 49.9 Å². The summed E-state index contributed by atoms with van der Waals surface area (Å²) in [5.74, 6) is -0.734. The summed E-state index contributed by atoms with van der Waals surface area (Å²) in [4.78, 5) is 28.6. The Bertz CT molecular complexity index is 563. The Morgan fingerprint density at radius 3 is 2.18 bits per heavy atom. The zero-order valence-corrected chi connectivity index (χ0v) is 13.8. The number of Topliss-reactive ketones (excluding diaryl/α,β-unsaturated/α-hetero) is 1. The molecule has 0 amide bonds. The van der Waals surface area contributed by atoms with Gasteiger partial charge in [-0.25, -0.2) is 4.79 Å². The summed E-state index contributed by atoms with van der Waals surface area (Å²) in [5.41, 5.74) is 1.79. The number of rotatable bonds is 6. The summed E-state index contributed by atoms with van der Waals surface area (Å²) in [5, 5.41) is 0. The summed E-state index contributed by atoms with van der Waals surface area (Å²) in [6.07, 6.45) is 0. The van der Waals surface area contributed by atoms with E-state index in [2.05, 4.69) is 18.7 Å². The Hall–Kier alpha value is -1.88. The number of carbonyl (C=O) groups excluding carboxylic acids is 2. The van der Waals surface area contributed by atoms with Gasteiger partial charge in [0.1, 0.15) is 11.8 Å². The van der Waals surface area contributed by atoms with E-state index < -0.39 is 17.8 Å². The van der Waals surface area contributed by atoms with Gasteiger partial charge in [-0.05, 0) is 39.1 Å². The molecule has 0 bridgehead atoms. The van der Waals surface area contributed by atoms with Crippen LogP contribution in [-0.2, 0) is 9.59 Å². The molecule has 0 saturated heterocycles. The summed E-state index contributed by atoms with van der Waals surface area (Å²) in [6, 6.07) is 5.08. The van der Waals surface area contributed by atoms with Gasteiger partial charge in [-0.3, -0.25) is 9.69 Å². The number of likely N-dealkylation sites (N-methyl/N-ethyl adjacent to an activating group) is 1. The van der Waals surface area contributed by atoms with Crippen molar-refractivity contribution in [2.45, 2.75) is 33.7 Å². The number of hydrogen-bond donors (Lipinski definition) is 0. The summed E-state index contributed by atoms with van der Waals surface area (Å²) in [7, 11) is 0. The summed E-state index contributed by atoms with van der Waals surface area (Å²) in [6.45, 7) is 11.2. The molecule has 0 N–H and O–H groups in total. The van der Waals surface area contributed by atoms with Crippen molar-refractivity contribution in [1.29, 1.82) is 0 Å². The predicted octanol–water partition coefficient (Wildman–Crippen LogP) is 2.40. The van der Waals surface area contributed by atoms with E-state index in [1.807, 2.05) is 30.9 Å². The maximum absolute atomic E-state index is 12.5. The largest absolute Gasteiger partial charge is 0.420 e. The highest BCUT2D eigenvalue weighted by atomic mass is 16.5. The minimum Gasteiger partial charge on any atom is -0.420 e. The molecule has 0 spiro atoms. The third-order valence-electron chi connectivity index (χ3n) is 4.25. The third-order valence-corrected chi connectivity index (χ3v) is 4.25. The Kier molecular flexibility index (Phi) is 5.19. The van der Waals surface area contributed by atoms with Crippen molar-refractivity contribution in [3.63, 3.8) is 0 Å². The lowest BCUT2D eigenvalue weighted by Gasteiger charge is -2.35. The molecule has 1 aromatic carbocycles. The average molecular weight is 304 g/mol. The van der Waals surface area contributed by atoms with Gasteiger partial charge in [0.2, 0.25) is 0 Å². The Balaban J connectivity index is 2.63. The van der Waals surface area contributed by atoms with Gasteiger partial charge in [0.15, 0.2) is 0 Å². The van der Waals surface area contributed by atoms with E-state index in [9.17, 15) is 9.59 Å². The maximum atomic E-state index is 12.5. The van der Waals surface area contributed by atoms with Crippen LogP contribution in [0.2, 0.25) is 0 Å². The summed E-state index contributed by atoms with van der Waals surface area (Å²) >= 11 is 0. The zero-order valence-electron chi connectivity index (χ0n) is 13.8. The molecule has 1 heterocycles. The molecule has 22 heavy (non-hydrogen) atoms. The Morgan fingerprint density at radius 2 is 1.64 bits per heavy atom. The van der Waals surface area contributed by atoms with Gasteiger partial charge in [0.25, 0.3) is 5.78 Å². The highest BCUT2D eigenvalue weighted by Crippen LogP contribution is 2.41. The van der Waals surface area contributed by atoms with Crippen molar-refractivity contribution in [3.8, 4) is 5.75 Å². The number of ether oxygens (including phenoxy) is 1. The maximum Gasteiger partial charge on any atom is 0.382 e. The quantitative estimate of drug-likeness (QED) is 0.459. The van der Waals surface area contributed by atoms with Crippen LogP contribution in [0.5, 0.6) is 5.75 Å². The highest BCUT2D eigenvalue weighted by Gasteiger charge is 2.41. The van der Waals surface area contributed by atoms with E-state index in [1.54, 1.807) is 6.07 Å². The van der Waals surface area contributed by atoms with Gasteiger partial charge in [-0.1, -0.05) is 19.9 Å². The van der Waals surface area contributed by atoms with Gasteiger partial charge >= 0.3 is 5.97 Å². The molecule has 0 saturated carbocycles. The van der Waals surface area contributed by atoms with Crippen LogP contribution < -0.4 is 9.64 Å². The summed E-state index contributed by atoms with van der Waals surface area (Å²) < 4.78 is 5.25. The number of fused-ring (bicyclic) bond motifs is 1. The van der Waals surface area contributed by atoms with Crippen LogP contribution in [0.15, 0.2) is 18.2 Å². The number of esters is 1. The van der Waals surface area contributed by atoms with Crippen molar-refractivity contribution in [2.75, 3.05) is 31.1 Å².